The third kappa shape index (κ3) is 2.61. The van der Waals surface area contributed by atoms with E-state index in [1.807, 2.05) is 6.92 Å². The number of aryl methyl sites for hydroxylation is 1. The van der Waals surface area contributed by atoms with Gasteiger partial charge in [0.05, 0.1) is 10.6 Å². The number of rotatable bonds is 3. The van der Waals surface area contributed by atoms with Crippen molar-refractivity contribution in [1.29, 1.82) is 0 Å². The fraction of sp³-hybridized carbons (Fsp3) is 0.286. The van der Waals surface area contributed by atoms with Crippen molar-refractivity contribution in [2.24, 2.45) is 0 Å². The molecule has 1 aromatic heterocycles. The van der Waals surface area contributed by atoms with E-state index >= 15 is 0 Å². The zero-order chi connectivity index (χ0) is 15.1. The first-order chi connectivity index (χ1) is 9.97. The fourth-order valence-electron chi connectivity index (χ4n) is 2.21. The van der Waals surface area contributed by atoms with Crippen LogP contribution in [0, 0.1) is 17.0 Å². The number of nitro benzene ring substituents is 1. The molecule has 3 rings (SSSR count). The van der Waals surface area contributed by atoms with Crippen LogP contribution in [-0.4, -0.2) is 14.9 Å². The predicted octanol–water partition coefficient (Wildman–Crippen LogP) is 3.29. The molecule has 0 unspecified atom stereocenters. The molecule has 1 fully saturated rings. The van der Waals surface area contributed by atoms with Gasteiger partial charge in [-0.3, -0.25) is 14.9 Å². The summed E-state index contributed by atoms with van der Waals surface area (Å²) < 4.78 is 0.455. The lowest BCUT2D eigenvalue weighted by Crippen LogP contribution is -2.13. The summed E-state index contributed by atoms with van der Waals surface area (Å²) >= 11 is 3.27. The smallest absolute Gasteiger partial charge is 0.270 e. The van der Waals surface area contributed by atoms with E-state index in [1.54, 1.807) is 6.07 Å². The van der Waals surface area contributed by atoms with Crippen molar-refractivity contribution in [2.75, 3.05) is 0 Å². The SMILES string of the molecule is Cc1ccc([N+](=O)[O-])cc1-c1nc(C2CC2)c(Br)c(=O)[nH]1. The molecule has 1 aromatic carbocycles. The molecule has 108 valence electrons. The average Bonchev–Trinajstić information content (AvgIpc) is 3.26. The van der Waals surface area contributed by atoms with Crippen LogP contribution in [0.2, 0.25) is 0 Å². The van der Waals surface area contributed by atoms with Gasteiger partial charge >= 0.3 is 0 Å². The number of non-ortho nitro benzene ring substituents is 1. The van der Waals surface area contributed by atoms with Crippen molar-refractivity contribution in [2.45, 2.75) is 25.7 Å². The Morgan fingerprint density at radius 2 is 2.14 bits per heavy atom. The van der Waals surface area contributed by atoms with Crippen LogP contribution in [0.15, 0.2) is 27.5 Å². The summed E-state index contributed by atoms with van der Waals surface area (Å²) in [5, 5.41) is 10.9. The van der Waals surface area contributed by atoms with Crippen LogP contribution in [0.4, 0.5) is 5.69 Å². The summed E-state index contributed by atoms with van der Waals surface area (Å²) in [6, 6.07) is 4.54. The molecule has 1 heterocycles. The van der Waals surface area contributed by atoms with Crippen LogP contribution in [0.25, 0.3) is 11.4 Å². The Labute approximate surface area is 128 Å². The number of nitro groups is 1. The van der Waals surface area contributed by atoms with Crippen molar-refractivity contribution >= 4 is 21.6 Å². The molecule has 0 saturated heterocycles. The van der Waals surface area contributed by atoms with E-state index in [4.69, 9.17) is 0 Å². The Morgan fingerprint density at radius 3 is 2.76 bits per heavy atom. The van der Waals surface area contributed by atoms with E-state index < -0.39 is 4.92 Å². The molecule has 21 heavy (non-hydrogen) atoms. The van der Waals surface area contributed by atoms with Gasteiger partial charge in [0, 0.05) is 23.6 Å². The lowest BCUT2D eigenvalue weighted by Gasteiger charge is -2.08. The van der Waals surface area contributed by atoms with Gasteiger partial charge in [-0.1, -0.05) is 6.07 Å². The Bertz CT molecular complexity index is 797. The first-order valence-corrected chi connectivity index (χ1v) is 7.32. The van der Waals surface area contributed by atoms with Gasteiger partial charge in [0.25, 0.3) is 11.2 Å². The molecule has 0 bridgehead atoms. The van der Waals surface area contributed by atoms with Crippen LogP contribution in [-0.2, 0) is 0 Å². The number of nitrogens with zero attached hydrogens (tertiary/aromatic N) is 2. The Balaban J connectivity index is 2.18. The van der Waals surface area contributed by atoms with Crippen molar-refractivity contribution in [1.82, 2.24) is 9.97 Å². The molecule has 0 atom stereocenters. The number of nitrogens with one attached hydrogen (secondary N) is 1. The number of halogens is 1. The average molecular weight is 350 g/mol. The molecular weight excluding hydrogens is 338 g/mol. The molecule has 1 aliphatic rings. The summed E-state index contributed by atoms with van der Waals surface area (Å²) in [5.41, 5.74) is 1.87. The highest BCUT2D eigenvalue weighted by Crippen LogP contribution is 2.41. The molecule has 2 aromatic rings. The fourth-order valence-corrected chi connectivity index (χ4v) is 2.72. The topological polar surface area (TPSA) is 88.9 Å². The van der Waals surface area contributed by atoms with Crippen molar-refractivity contribution in [3.63, 3.8) is 0 Å². The first kappa shape index (κ1) is 13.9. The van der Waals surface area contributed by atoms with E-state index in [0.29, 0.717) is 21.8 Å². The van der Waals surface area contributed by atoms with Gasteiger partial charge in [0.15, 0.2) is 0 Å². The van der Waals surface area contributed by atoms with Crippen LogP contribution >= 0.6 is 15.9 Å². The third-order valence-corrected chi connectivity index (χ3v) is 4.31. The quantitative estimate of drug-likeness (QED) is 0.679. The molecular formula is C14H12BrN3O3. The summed E-state index contributed by atoms with van der Waals surface area (Å²) in [5.74, 6) is 0.686. The lowest BCUT2D eigenvalue weighted by atomic mass is 10.1. The summed E-state index contributed by atoms with van der Waals surface area (Å²) in [7, 11) is 0. The summed E-state index contributed by atoms with van der Waals surface area (Å²) in [4.78, 5) is 29.7. The Hall–Kier alpha value is -2.02. The molecule has 6 nitrogen and oxygen atoms in total. The minimum atomic E-state index is -0.457. The zero-order valence-corrected chi connectivity index (χ0v) is 12.8. The minimum Gasteiger partial charge on any atom is -0.306 e. The molecule has 0 amide bonds. The van der Waals surface area contributed by atoms with Crippen molar-refractivity contribution in [3.05, 3.63) is 54.4 Å². The second kappa shape index (κ2) is 5.07. The number of aromatic nitrogens is 2. The predicted molar refractivity (Wildman–Crippen MR) is 81.4 cm³/mol. The summed E-state index contributed by atoms with van der Waals surface area (Å²) in [6.07, 6.45) is 2.03. The third-order valence-electron chi connectivity index (χ3n) is 3.54. The van der Waals surface area contributed by atoms with Gasteiger partial charge in [0.1, 0.15) is 10.3 Å². The van der Waals surface area contributed by atoms with Crippen LogP contribution in [0.3, 0.4) is 0 Å². The second-order valence-corrected chi connectivity index (χ2v) is 5.94. The zero-order valence-electron chi connectivity index (χ0n) is 11.2. The van der Waals surface area contributed by atoms with E-state index in [9.17, 15) is 14.9 Å². The number of H-pyrrole nitrogens is 1. The van der Waals surface area contributed by atoms with Gasteiger partial charge in [-0.25, -0.2) is 4.98 Å². The molecule has 0 radical (unpaired) electrons. The first-order valence-electron chi connectivity index (χ1n) is 6.52. The van der Waals surface area contributed by atoms with Crippen LogP contribution < -0.4 is 5.56 Å². The molecule has 1 N–H and O–H groups in total. The highest BCUT2D eigenvalue weighted by Gasteiger charge is 2.29. The van der Waals surface area contributed by atoms with E-state index in [0.717, 1.165) is 24.1 Å². The highest BCUT2D eigenvalue weighted by atomic mass is 79.9. The minimum absolute atomic E-state index is 0.0193. The molecule has 0 spiro atoms. The van der Waals surface area contributed by atoms with Crippen molar-refractivity contribution in [3.8, 4) is 11.4 Å². The summed E-state index contributed by atoms with van der Waals surface area (Å²) in [6.45, 7) is 1.83. The molecule has 0 aliphatic heterocycles. The molecule has 1 saturated carbocycles. The van der Waals surface area contributed by atoms with Gasteiger partial charge in [0.2, 0.25) is 0 Å². The van der Waals surface area contributed by atoms with E-state index in [-0.39, 0.29) is 11.2 Å². The van der Waals surface area contributed by atoms with E-state index in [2.05, 4.69) is 25.9 Å². The Kier molecular flexibility index (Phi) is 3.36. The van der Waals surface area contributed by atoms with Crippen LogP contribution in [0.5, 0.6) is 0 Å². The molecule has 1 aliphatic carbocycles. The van der Waals surface area contributed by atoms with Gasteiger partial charge in [-0.05, 0) is 41.3 Å². The number of aromatic amines is 1. The maximum absolute atomic E-state index is 12.0. The van der Waals surface area contributed by atoms with Crippen molar-refractivity contribution < 1.29 is 4.92 Å². The largest absolute Gasteiger partial charge is 0.306 e. The standard InChI is InChI=1S/C14H12BrN3O3/c1-7-2-5-9(18(20)21)6-10(7)13-16-12(8-3-4-8)11(15)14(19)17-13/h2,5-6,8H,3-4H2,1H3,(H,16,17,19). The highest BCUT2D eigenvalue weighted by molar-refractivity contribution is 9.10. The maximum atomic E-state index is 12.0. The van der Waals surface area contributed by atoms with Gasteiger partial charge in [-0.15, -0.1) is 0 Å². The number of hydrogen-bond acceptors (Lipinski definition) is 4. The van der Waals surface area contributed by atoms with Gasteiger partial charge < -0.3 is 4.98 Å². The Morgan fingerprint density at radius 1 is 1.43 bits per heavy atom. The van der Waals surface area contributed by atoms with E-state index in [1.165, 1.54) is 12.1 Å². The van der Waals surface area contributed by atoms with Gasteiger partial charge in [-0.2, -0.15) is 0 Å². The normalized spacial score (nSPS) is 14.2. The lowest BCUT2D eigenvalue weighted by molar-refractivity contribution is -0.384. The second-order valence-electron chi connectivity index (χ2n) is 5.14. The number of hydrogen-bond donors (Lipinski definition) is 1. The maximum Gasteiger partial charge on any atom is 0.270 e. The monoisotopic (exact) mass is 349 g/mol. The molecule has 7 heteroatoms. The number of benzene rings is 1. The van der Waals surface area contributed by atoms with Crippen LogP contribution in [0.1, 0.15) is 30.0 Å².